The number of methoxy groups -OCH3 is 1. The van der Waals surface area contributed by atoms with E-state index >= 15 is 0 Å². The summed E-state index contributed by atoms with van der Waals surface area (Å²) in [5, 5.41) is 3.34. The van der Waals surface area contributed by atoms with Gasteiger partial charge in [-0.25, -0.2) is 4.79 Å². The van der Waals surface area contributed by atoms with Gasteiger partial charge in [0.1, 0.15) is 5.56 Å². The van der Waals surface area contributed by atoms with Gasteiger partial charge in [-0.15, -0.1) is 0 Å². The smallest absolute Gasteiger partial charge is 0.349 e. The summed E-state index contributed by atoms with van der Waals surface area (Å²) in [5.41, 5.74) is 1.67. The van der Waals surface area contributed by atoms with E-state index in [0.29, 0.717) is 23.3 Å². The van der Waals surface area contributed by atoms with E-state index in [1.54, 1.807) is 12.1 Å². The third-order valence-corrected chi connectivity index (χ3v) is 4.26. The highest BCUT2D eigenvalue weighted by Gasteiger charge is 2.16. The van der Waals surface area contributed by atoms with Crippen LogP contribution in [0.15, 0.2) is 56.1 Å². The number of ether oxygens (including phenoxy) is 1. The molecule has 0 atom stereocenters. The van der Waals surface area contributed by atoms with Crippen molar-refractivity contribution in [1.29, 1.82) is 0 Å². The summed E-state index contributed by atoms with van der Waals surface area (Å²) in [4.78, 5) is 24.6. The van der Waals surface area contributed by atoms with Crippen LogP contribution < -0.4 is 15.7 Å². The van der Waals surface area contributed by atoms with Crippen molar-refractivity contribution >= 4 is 32.8 Å². The maximum atomic E-state index is 12.4. The van der Waals surface area contributed by atoms with Crippen LogP contribution in [0, 0.1) is 6.92 Å². The van der Waals surface area contributed by atoms with Crippen LogP contribution in [-0.4, -0.2) is 13.0 Å². The highest BCUT2D eigenvalue weighted by molar-refractivity contribution is 9.10. The first-order chi connectivity index (χ1) is 12.0. The molecular formula is C19H16BrNO4. The minimum atomic E-state index is -0.700. The number of rotatable bonds is 4. The second-order valence-corrected chi connectivity index (χ2v) is 6.56. The van der Waals surface area contributed by atoms with Crippen LogP contribution in [0.3, 0.4) is 0 Å². The molecule has 1 aromatic heterocycles. The summed E-state index contributed by atoms with van der Waals surface area (Å²) in [5.74, 6) is -0.0525. The Hall–Kier alpha value is -2.60. The number of aryl methyl sites for hydroxylation is 1. The van der Waals surface area contributed by atoms with Gasteiger partial charge in [0.05, 0.1) is 7.11 Å². The number of hydrogen-bond donors (Lipinski definition) is 1. The predicted molar refractivity (Wildman–Crippen MR) is 99.1 cm³/mol. The van der Waals surface area contributed by atoms with E-state index < -0.39 is 11.5 Å². The van der Waals surface area contributed by atoms with Gasteiger partial charge in [0.15, 0.2) is 11.3 Å². The average Bonchev–Trinajstić information content (AvgIpc) is 2.60. The molecule has 0 spiro atoms. The molecule has 1 N–H and O–H groups in total. The molecule has 6 heteroatoms. The van der Waals surface area contributed by atoms with Crippen LogP contribution in [0.25, 0.3) is 11.0 Å². The van der Waals surface area contributed by atoms with Crippen molar-refractivity contribution in [2.45, 2.75) is 13.5 Å². The van der Waals surface area contributed by atoms with E-state index in [1.165, 1.54) is 13.2 Å². The Kier molecular flexibility index (Phi) is 4.90. The number of carbonyl (C=O) groups is 1. The molecule has 0 saturated carbocycles. The fourth-order valence-electron chi connectivity index (χ4n) is 2.46. The molecular weight excluding hydrogens is 386 g/mol. The van der Waals surface area contributed by atoms with E-state index in [0.717, 1.165) is 15.6 Å². The summed E-state index contributed by atoms with van der Waals surface area (Å²) in [6, 6.07) is 12.8. The molecule has 0 aliphatic carbocycles. The van der Waals surface area contributed by atoms with Crippen LogP contribution in [0.1, 0.15) is 21.5 Å². The van der Waals surface area contributed by atoms with E-state index in [4.69, 9.17) is 9.15 Å². The number of hydrogen-bond acceptors (Lipinski definition) is 4. The Morgan fingerprint density at radius 2 is 1.92 bits per heavy atom. The van der Waals surface area contributed by atoms with Gasteiger partial charge in [0, 0.05) is 16.4 Å². The van der Waals surface area contributed by atoms with Gasteiger partial charge in [-0.1, -0.05) is 45.8 Å². The lowest BCUT2D eigenvalue weighted by atomic mass is 10.1. The molecule has 25 heavy (non-hydrogen) atoms. The largest absolute Gasteiger partial charge is 0.493 e. The normalized spacial score (nSPS) is 10.7. The molecule has 0 aliphatic heterocycles. The third-order valence-electron chi connectivity index (χ3n) is 3.80. The number of fused-ring (bicyclic) bond motifs is 1. The van der Waals surface area contributed by atoms with E-state index in [1.807, 2.05) is 31.2 Å². The van der Waals surface area contributed by atoms with Gasteiger partial charge in [-0.3, -0.25) is 4.79 Å². The van der Waals surface area contributed by atoms with Crippen LogP contribution in [0.2, 0.25) is 0 Å². The minimum absolute atomic E-state index is 0.0419. The summed E-state index contributed by atoms with van der Waals surface area (Å²) in [6.07, 6.45) is 0. The minimum Gasteiger partial charge on any atom is -0.493 e. The molecule has 0 unspecified atom stereocenters. The molecule has 0 aliphatic rings. The second kappa shape index (κ2) is 7.11. The SMILES string of the molecule is COc1cc(Br)cc2cc(C(=O)NCc3ccc(C)cc3)c(=O)oc12. The van der Waals surface area contributed by atoms with Gasteiger partial charge in [0.25, 0.3) is 5.91 Å². The Labute approximate surface area is 152 Å². The summed E-state index contributed by atoms with van der Waals surface area (Å²) >= 11 is 3.37. The zero-order valence-electron chi connectivity index (χ0n) is 13.8. The van der Waals surface area contributed by atoms with Gasteiger partial charge in [0.2, 0.25) is 0 Å². The van der Waals surface area contributed by atoms with Crippen LogP contribution in [-0.2, 0) is 6.54 Å². The van der Waals surface area contributed by atoms with E-state index in [-0.39, 0.29) is 5.56 Å². The van der Waals surface area contributed by atoms with Gasteiger partial charge < -0.3 is 14.5 Å². The Morgan fingerprint density at radius 3 is 2.60 bits per heavy atom. The topological polar surface area (TPSA) is 68.5 Å². The van der Waals surface area contributed by atoms with Crippen molar-refractivity contribution in [3.05, 3.63) is 74.0 Å². The highest BCUT2D eigenvalue weighted by Crippen LogP contribution is 2.29. The van der Waals surface area contributed by atoms with Crippen molar-refractivity contribution in [2.75, 3.05) is 7.11 Å². The van der Waals surface area contributed by atoms with E-state index in [2.05, 4.69) is 21.2 Å². The van der Waals surface area contributed by atoms with Crippen molar-refractivity contribution in [2.24, 2.45) is 0 Å². The predicted octanol–water partition coefficient (Wildman–Crippen LogP) is 3.80. The zero-order chi connectivity index (χ0) is 18.0. The summed E-state index contributed by atoms with van der Waals surface area (Å²) < 4.78 is 11.3. The monoisotopic (exact) mass is 401 g/mol. The number of carbonyl (C=O) groups excluding carboxylic acids is 1. The molecule has 5 nitrogen and oxygen atoms in total. The maximum absolute atomic E-state index is 12.4. The van der Waals surface area contributed by atoms with Crippen molar-refractivity contribution in [1.82, 2.24) is 5.32 Å². The van der Waals surface area contributed by atoms with Gasteiger partial charge in [-0.05, 0) is 30.7 Å². The first kappa shape index (κ1) is 17.2. The molecule has 2 aromatic carbocycles. The summed E-state index contributed by atoms with van der Waals surface area (Å²) in [6.45, 7) is 2.33. The molecule has 0 bridgehead atoms. The lowest BCUT2D eigenvalue weighted by Gasteiger charge is -2.08. The molecule has 1 heterocycles. The van der Waals surface area contributed by atoms with Crippen LogP contribution in [0.5, 0.6) is 5.75 Å². The van der Waals surface area contributed by atoms with Gasteiger partial charge in [-0.2, -0.15) is 0 Å². The molecule has 0 radical (unpaired) electrons. The Morgan fingerprint density at radius 1 is 1.20 bits per heavy atom. The molecule has 0 fully saturated rings. The highest BCUT2D eigenvalue weighted by atomic mass is 79.9. The molecule has 1 amide bonds. The lowest BCUT2D eigenvalue weighted by molar-refractivity contribution is 0.0947. The maximum Gasteiger partial charge on any atom is 0.349 e. The zero-order valence-corrected chi connectivity index (χ0v) is 15.3. The number of amides is 1. The standard InChI is InChI=1S/C19H16BrNO4/c1-11-3-5-12(6-4-11)10-21-18(22)15-8-13-7-14(20)9-16(24-2)17(13)25-19(15)23/h3-9H,10H2,1-2H3,(H,21,22). The quantitative estimate of drug-likeness (QED) is 0.674. The molecule has 3 rings (SSSR count). The van der Waals surface area contributed by atoms with Crippen molar-refractivity contribution in [3.8, 4) is 5.75 Å². The fourth-order valence-corrected chi connectivity index (χ4v) is 2.92. The molecule has 3 aromatic rings. The first-order valence-corrected chi connectivity index (χ1v) is 8.42. The van der Waals surface area contributed by atoms with Crippen LogP contribution >= 0.6 is 15.9 Å². The number of nitrogens with one attached hydrogen (secondary N) is 1. The first-order valence-electron chi connectivity index (χ1n) is 7.63. The Bertz CT molecular complexity index is 993. The molecule has 0 saturated heterocycles. The fraction of sp³-hybridized carbons (Fsp3) is 0.158. The third kappa shape index (κ3) is 3.74. The molecule has 128 valence electrons. The number of halogens is 1. The second-order valence-electron chi connectivity index (χ2n) is 5.64. The number of benzene rings is 2. The van der Waals surface area contributed by atoms with E-state index in [9.17, 15) is 9.59 Å². The van der Waals surface area contributed by atoms with Crippen molar-refractivity contribution in [3.63, 3.8) is 0 Å². The van der Waals surface area contributed by atoms with Crippen LogP contribution in [0.4, 0.5) is 0 Å². The average molecular weight is 402 g/mol. The Balaban J connectivity index is 1.89. The summed E-state index contributed by atoms with van der Waals surface area (Å²) in [7, 11) is 1.49. The van der Waals surface area contributed by atoms with Gasteiger partial charge >= 0.3 is 5.63 Å². The lowest BCUT2D eigenvalue weighted by Crippen LogP contribution is -2.27. The van der Waals surface area contributed by atoms with Crippen molar-refractivity contribution < 1.29 is 13.9 Å².